The lowest BCUT2D eigenvalue weighted by atomic mass is 10.0. The highest BCUT2D eigenvalue weighted by molar-refractivity contribution is 5.28. The normalized spacial score (nSPS) is 12.2. The number of ether oxygens (including phenoxy) is 1. The minimum absolute atomic E-state index is 0.0972. The van der Waals surface area contributed by atoms with Crippen molar-refractivity contribution in [3.05, 3.63) is 65.2 Å². The Morgan fingerprint density at radius 1 is 1.10 bits per heavy atom. The van der Waals surface area contributed by atoms with Crippen LogP contribution in [0.15, 0.2) is 42.5 Å². The highest BCUT2D eigenvalue weighted by Gasteiger charge is 2.19. The zero-order valence-electron chi connectivity index (χ0n) is 11.1. The number of benzene rings is 2. The molecule has 0 aliphatic rings. The Balaban J connectivity index is 2.15. The van der Waals surface area contributed by atoms with Crippen molar-refractivity contribution in [3.8, 4) is 5.75 Å². The van der Waals surface area contributed by atoms with Crippen molar-refractivity contribution >= 4 is 0 Å². The van der Waals surface area contributed by atoms with Crippen molar-refractivity contribution < 1.29 is 13.5 Å². The number of rotatable bonds is 5. The third-order valence-corrected chi connectivity index (χ3v) is 3.04. The molecule has 0 aromatic heterocycles. The number of para-hydroxylation sites is 1. The van der Waals surface area contributed by atoms with Crippen molar-refractivity contribution in [1.82, 2.24) is 5.43 Å². The van der Waals surface area contributed by atoms with Gasteiger partial charge in [0.15, 0.2) is 11.6 Å². The van der Waals surface area contributed by atoms with E-state index in [1.54, 1.807) is 12.1 Å². The first-order valence-electron chi connectivity index (χ1n) is 6.22. The van der Waals surface area contributed by atoms with Crippen LogP contribution in [-0.2, 0) is 0 Å². The largest absolute Gasteiger partial charge is 0.492 e. The van der Waals surface area contributed by atoms with E-state index in [1.165, 1.54) is 19.1 Å². The van der Waals surface area contributed by atoms with Gasteiger partial charge in [0.1, 0.15) is 12.4 Å². The van der Waals surface area contributed by atoms with E-state index in [-0.39, 0.29) is 17.7 Å². The first kappa shape index (κ1) is 14.4. The van der Waals surface area contributed by atoms with E-state index in [0.717, 1.165) is 0 Å². The lowest BCUT2D eigenvalue weighted by Gasteiger charge is -2.18. The van der Waals surface area contributed by atoms with Gasteiger partial charge in [-0.15, -0.1) is 0 Å². The van der Waals surface area contributed by atoms with Crippen LogP contribution in [0.4, 0.5) is 8.78 Å². The van der Waals surface area contributed by atoms with Crippen LogP contribution in [-0.4, -0.2) is 6.61 Å². The Labute approximate surface area is 116 Å². The summed E-state index contributed by atoms with van der Waals surface area (Å²) in [6.45, 7) is 1.60. The van der Waals surface area contributed by atoms with Crippen molar-refractivity contribution in [2.45, 2.75) is 13.0 Å². The molecular weight excluding hydrogens is 262 g/mol. The summed E-state index contributed by atoms with van der Waals surface area (Å²) in [5.41, 5.74) is 2.84. The molecule has 2 aromatic rings. The van der Waals surface area contributed by atoms with E-state index in [0.29, 0.717) is 5.75 Å². The maximum Gasteiger partial charge on any atom is 0.164 e. The Morgan fingerprint density at radius 2 is 1.80 bits per heavy atom. The van der Waals surface area contributed by atoms with Gasteiger partial charge in [0.25, 0.3) is 0 Å². The predicted molar refractivity (Wildman–Crippen MR) is 73.1 cm³/mol. The summed E-state index contributed by atoms with van der Waals surface area (Å²) in [5, 5.41) is 0. The number of nitrogens with two attached hydrogens (primary N) is 1. The minimum Gasteiger partial charge on any atom is -0.492 e. The molecular formula is C15H16F2N2O. The molecule has 0 aliphatic heterocycles. The Hall–Kier alpha value is -1.98. The number of nitrogens with one attached hydrogen (secondary N) is 1. The highest BCUT2D eigenvalue weighted by Crippen LogP contribution is 2.22. The molecule has 0 saturated carbocycles. The van der Waals surface area contributed by atoms with Crippen molar-refractivity contribution in [1.29, 1.82) is 0 Å². The number of halogens is 2. The monoisotopic (exact) mass is 278 g/mol. The first-order valence-corrected chi connectivity index (χ1v) is 6.22. The second-order valence-corrected chi connectivity index (χ2v) is 4.44. The molecule has 5 heteroatoms. The molecule has 0 saturated heterocycles. The fourth-order valence-corrected chi connectivity index (χ4v) is 1.85. The number of hydrogen-bond acceptors (Lipinski definition) is 3. The van der Waals surface area contributed by atoms with Crippen LogP contribution < -0.4 is 16.0 Å². The summed E-state index contributed by atoms with van der Waals surface area (Å²) in [4.78, 5) is 0. The topological polar surface area (TPSA) is 47.3 Å². The van der Waals surface area contributed by atoms with Gasteiger partial charge in [0.2, 0.25) is 0 Å². The van der Waals surface area contributed by atoms with Gasteiger partial charge >= 0.3 is 0 Å². The van der Waals surface area contributed by atoms with Crippen LogP contribution >= 0.6 is 0 Å². The molecule has 20 heavy (non-hydrogen) atoms. The van der Waals surface area contributed by atoms with Crippen molar-refractivity contribution in [2.24, 2.45) is 5.84 Å². The van der Waals surface area contributed by atoms with Gasteiger partial charge in [-0.2, -0.15) is 0 Å². The van der Waals surface area contributed by atoms with Gasteiger partial charge in [0.05, 0.1) is 6.04 Å². The smallest absolute Gasteiger partial charge is 0.164 e. The molecule has 106 valence electrons. The standard InChI is InChI=1S/C15H16F2N2O/c1-10-7-8-12(15(17)14(10)16)13(19-18)9-20-11-5-3-2-4-6-11/h2-8,13,19H,9,18H2,1H3. The minimum atomic E-state index is -0.899. The molecule has 0 aliphatic carbocycles. The average molecular weight is 278 g/mol. The SMILES string of the molecule is Cc1ccc(C(COc2ccccc2)NN)c(F)c1F. The van der Waals surface area contributed by atoms with Crippen LogP contribution in [0.1, 0.15) is 17.2 Å². The second-order valence-electron chi connectivity index (χ2n) is 4.44. The van der Waals surface area contributed by atoms with Crippen LogP contribution in [0, 0.1) is 18.6 Å². The molecule has 0 fully saturated rings. The first-order chi connectivity index (χ1) is 9.63. The molecule has 0 amide bonds. The summed E-state index contributed by atoms with van der Waals surface area (Å²) in [6.07, 6.45) is 0. The Morgan fingerprint density at radius 3 is 2.45 bits per heavy atom. The maximum atomic E-state index is 13.9. The fourth-order valence-electron chi connectivity index (χ4n) is 1.85. The number of hydrazine groups is 1. The van der Waals surface area contributed by atoms with Gasteiger partial charge in [-0.1, -0.05) is 30.3 Å². The van der Waals surface area contributed by atoms with Crippen LogP contribution in [0.3, 0.4) is 0 Å². The van der Waals surface area contributed by atoms with Crippen LogP contribution in [0.25, 0.3) is 0 Å². The lowest BCUT2D eigenvalue weighted by molar-refractivity contribution is 0.263. The Kier molecular flexibility index (Phi) is 4.65. The van der Waals surface area contributed by atoms with Crippen LogP contribution in [0.5, 0.6) is 5.75 Å². The predicted octanol–water partition coefficient (Wildman–Crippen LogP) is 2.86. The van der Waals surface area contributed by atoms with Gasteiger partial charge < -0.3 is 4.74 Å². The number of hydrogen-bond donors (Lipinski definition) is 2. The second kappa shape index (κ2) is 6.45. The molecule has 2 rings (SSSR count). The van der Waals surface area contributed by atoms with E-state index in [9.17, 15) is 8.78 Å². The molecule has 1 unspecified atom stereocenters. The molecule has 0 radical (unpaired) electrons. The summed E-state index contributed by atoms with van der Waals surface area (Å²) in [7, 11) is 0. The van der Waals surface area contributed by atoms with Gasteiger partial charge in [-0.25, -0.2) is 14.2 Å². The average Bonchev–Trinajstić information content (AvgIpc) is 2.48. The highest BCUT2D eigenvalue weighted by atomic mass is 19.2. The molecule has 0 bridgehead atoms. The maximum absolute atomic E-state index is 13.9. The fraction of sp³-hybridized carbons (Fsp3) is 0.200. The summed E-state index contributed by atoms with van der Waals surface area (Å²) >= 11 is 0. The quantitative estimate of drug-likeness (QED) is 0.653. The third kappa shape index (κ3) is 3.12. The van der Waals surface area contributed by atoms with E-state index in [4.69, 9.17) is 10.6 Å². The molecule has 0 heterocycles. The third-order valence-electron chi connectivity index (χ3n) is 3.04. The Bertz CT molecular complexity index is 576. The summed E-state index contributed by atoms with van der Waals surface area (Å²) < 4.78 is 33.0. The van der Waals surface area contributed by atoms with E-state index in [1.807, 2.05) is 18.2 Å². The molecule has 2 aromatic carbocycles. The molecule has 0 spiro atoms. The van der Waals surface area contributed by atoms with E-state index >= 15 is 0 Å². The van der Waals surface area contributed by atoms with E-state index < -0.39 is 17.7 Å². The lowest BCUT2D eigenvalue weighted by Crippen LogP contribution is -2.33. The van der Waals surface area contributed by atoms with Crippen molar-refractivity contribution in [3.63, 3.8) is 0 Å². The summed E-state index contributed by atoms with van der Waals surface area (Å²) in [6, 6.07) is 11.5. The van der Waals surface area contributed by atoms with Crippen LogP contribution in [0.2, 0.25) is 0 Å². The molecule has 3 N–H and O–H groups in total. The van der Waals surface area contributed by atoms with Gasteiger partial charge in [-0.3, -0.25) is 5.84 Å². The number of aryl methyl sites for hydroxylation is 1. The van der Waals surface area contributed by atoms with Gasteiger partial charge in [-0.05, 0) is 24.6 Å². The molecule has 3 nitrogen and oxygen atoms in total. The van der Waals surface area contributed by atoms with Gasteiger partial charge in [0, 0.05) is 5.56 Å². The zero-order valence-corrected chi connectivity index (χ0v) is 11.1. The molecule has 1 atom stereocenters. The van der Waals surface area contributed by atoms with E-state index in [2.05, 4.69) is 5.43 Å². The zero-order chi connectivity index (χ0) is 14.5. The van der Waals surface area contributed by atoms with Crippen molar-refractivity contribution in [2.75, 3.05) is 6.61 Å². The summed E-state index contributed by atoms with van der Waals surface area (Å²) in [5.74, 6) is 4.29.